The predicted molar refractivity (Wildman–Crippen MR) is 85.3 cm³/mol. The number of amides is 1. The molecule has 0 radical (unpaired) electrons. The lowest BCUT2D eigenvalue weighted by Crippen LogP contribution is -2.44. The van der Waals surface area contributed by atoms with E-state index in [0.29, 0.717) is 5.56 Å². The standard InChI is InChI=1S/C17H23NO5/c1-11(14(19)12-8-6-5-7-9-12)10-13(15(20)21)18-16(22)23-17(2,3)4/h5-9,11,13H,10H2,1-4H3,(H,18,22)(H,20,21). The van der Waals surface area contributed by atoms with E-state index in [1.165, 1.54) is 0 Å². The molecule has 1 rings (SSSR count). The predicted octanol–water partition coefficient (Wildman–Crippen LogP) is 2.87. The van der Waals surface area contributed by atoms with E-state index in [1.54, 1.807) is 58.0 Å². The van der Waals surface area contributed by atoms with Crippen LogP contribution in [0.2, 0.25) is 0 Å². The zero-order chi connectivity index (χ0) is 17.6. The lowest BCUT2D eigenvalue weighted by molar-refractivity contribution is -0.139. The van der Waals surface area contributed by atoms with Crippen LogP contribution in [0.25, 0.3) is 0 Å². The van der Waals surface area contributed by atoms with Crippen molar-refractivity contribution in [1.82, 2.24) is 5.32 Å². The zero-order valence-electron chi connectivity index (χ0n) is 13.8. The van der Waals surface area contributed by atoms with Crippen LogP contribution in [0.1, 0.15) is 44.5 Å². The minimum absolute atomic E-state index is 0.0116. The second-order valence-corrected chi connectivity index (χ2v) is 6.40. The number of carbonyl (C=O) groups excluding carboxylic acids is 2. The maximum Gasteiger partial charge on any atom is 0.408 e. The van der Waals surface area contributed by atoms with Gasteiger partial charge < -0.3 is 15.2 Å². The molecular weight excluding hydrogens is 298 g/mol. The molecule has 0 aliphatic rings. The van der Waals surface area contributed by atoms with Crippen molar-refractivity contribution < 1.29 is 24.2 Å². The number of rotatable bonds is 6. The van der Waals surface area contributed by atoms with Crippen LogP contribution in [0.15, 0.2) is 30.3 Å². The maximum absolute atomic E-state index is 12.3. The first-order chi connectivity index (χ1) is 10.6. The summed E-state index contributed by atoms with van der Waals surface area (Å²) in [5.41, 5.74) is -0.208. The minimum Gasteiger partial charge on any atom is -0.480 e. The summed E-state index contributed by atoms with van der Waals surface area (Å²) in [5.74, 6) is -1.92. The van der Waals surface area contributed by atoms with Crippen LogP contribution < -0.4 is 5.32 Å². The topological polar surface area (TPSA) is 92.7 Å². The SMILES string of the molecule is CC(CC(NC(=O)OC(C)(C)C)C(=O)O)C(=O)c1ccccc1. The second-order valence-electron chi connectivity index (χ2n) is 6.40. The molecule has 2 unspecified atom stereocenters. The van der Waals surface area contributed by atoms with E-state index in [0.717, 1.165) is 0 Å². The third-order valence-electron chi connectivity index (χ3n) is 3.08. The Kier molecular flexibility index (Phi) is 6.30. The van der Waals surface area contributed by atoms with E-state index in [2.05, 4.69) is 5.32 Å². The van der Waals surface area contributed by atoms with Gasteiger partial charge in [-0.3, -0.25) is 4.79 Å². The zero-order valence-corrected chi connectivity index (χ0v) is 13.8. The molecule has 1 aromatic carbocycles. The van der Waals surface area contributed by atoms with Crippen molar-refractivity contribution in [1.29, 1.82) is 0 Å². The first-order valence-corrected chi connectivity index (χ1v) is 7.41. The molecule has 23 heavy (non-hydrogen) atoms. The van der Waals surface area contributed by atoms with E-state index in [4.69, 9.17) is 4.74 Å². The van der Waals surface area contributed by atoms with Gasteiger partial charge in [0.25, 0.3) is 0 Å². The fourth-order valence-electron chi connectivity index (χ4n) is 2.02. The van der Waals surface area contributed by atoms with Gasteiger partial charge in [0.1, 0.15) is 11.6 Å². The number of carboxylic acid groups (broad SMARTS) is 1. The highest BCUT2D eigenvalue weighted by Gasteiger charge is 2.28. The first-order valence-electron chi connectivity index (χ1n) is 7.41. The van der Waals surface area contributed by atoms with Crippen LogP contribution in [-0.4, -0.2) is 34.6 Å². The van der Waals surface area contributed by atoms with Gasteiger partial charge >= 0.3 is 12.1 Å². The molecule has 0 bridgehead atoms. The van der Waals surface area contributed by atoms with Crippen molar-refractivity contribution in [2.45, 2.75) is 45.8 Å². The monoisotopic (exact) mass is 321 g/mol. The van der Waals surface area contributed by atoms with Crippen LogP contribution in [0.5, 0.6) is 0 Å². The number of Topliss-reactive ketones (excluding diaryl/α,β-unsaturated/α-hetero) is 1. The first kappa shape index (κ1) is 18.7. The Labute approximate surface area is 135 Å². The molecule has 6 nitrogen and oxygen atoms in total. The Bertz CT molecular complexity index is 562. The largest absolute Gasteiger partial charge is 0.480 e. The van der Waals surface area contributed by atoms with Gasteiger partial charge in [0.05, 0.1) is 0 Å². The average molecular weight is 321 g/mol. The summed E-state index contributed by atoms with van der Waals surface area (Å²) in [6.45, 7) is 6.69. The number of nitrogens with one attached hydrogen (secondary N) is 1. The molecule has 0 heterocycles. The van der Waals surface area contributed by atoms with Crippen LogP contribution in [0.4, 0.5) is 4.79 Å². The van der Waals surface area contributed by atoms with E-state index in [9.17, 15) is 19.5 Å². The molecule has 1 amide bonds. The van der Waals surface area contributed by atoms with Gasteiger partial charge in [-0.25, -0.2) is 9.59 Å². The summed E-state index contributed by atoms with van der Waals surface area (Å²) in [4.78, 5) is 35.3. The Hall–Kier alpha value is -2.37. The molecule has 126 valence electrons. The Balaban J connectivity index is 2.70. The number of carboxylic acids is 1. The highest BCUT2D eigenvalue weighted by Crippen LogP contribution is 2.15. The normalized spacial score (nSPS) is 13.7. The smallest absolute Gasteiger partial charge is 0.408 e. The summed E-state index contributed by atoms with van der Waals surface area (Å²) < 4.78 is 5.05. The molecule has 0 saturated carbocycles. The molecule has 0 aliphatic carbocycles. The number of aliphatic carboxylic acids is 1. The average Bonchev–Trinajstić information content (AvgIpc) is 2.44. The molecule has 1 aromatic rings. The van der Waals surface area contributed by atoms with Crippen LogP contribution in [0.3, 0.4) is 0 Å². The number of ether oxygens (including phenoxy) is 1. The number of benzene rings is 1. The van der Waals surface area contributed by atoms with Crippen LogP contribution in [0, 0.1) is 5.92 Å². The quantitative estimate of drug-likeness (QED) is 0.786. The Morgan fingerprint density at radius 2 is 1.74 bits per heavy atom. The number of alkyl carbamates (subject to hydrolysis) is 1. The van der Waals surface area contributed by atoms with Gasteiger partial charge in [0, 0.05) is 11.5 Å². The summed E-state index contributed by atoms with van der Waals surface area (Å²) >= 11 is 0. The van der Waals surface area contributed by atoms with Crippen LogP contribution in [-0.2, 0) is 9.53 Å². The molecular formula is C17H23NO5. The highest BCUT2D eigenvalue weighted by atomic mass is 16.6. The van der Waals surface area contributed by atoms with Gasteiger partial charge in [0.15, 0.2) is 5.78 Å². The lowest BCUT2D eigenvalue weighted by atomic mass is 9.93. The third kappa shape index (κ3) is 6.50. The Morgan fingerprint density at radius 1 is 1.17 bits per heavy atom. The summed E-state index contributed by atoms with van der Waals surface area (Å²) in [6.07, 6.45) is -0.827. The molecule has 2 atom stereocenters. The van der Waals surface area contributed by atoms with E-state index in [1.807, 2.05) is 0 Å². The van der Waals surface area contributed by atoms with E-state index in [-0.39, 0.29) is 12.2 Å². The van der Waals surface area contributed by atoms with Crippen molar-refractivity contribution in [2.75, 3.05) is 0 Å². The Morgan fingerprint density at radius 3 is 2.22 bits per heavy atom. The number of hydrogen-bond acceptors (Lipinski definition) is 4. The van der Waals surface area contributed by atoms with Gasteiger partial charge in [-0.2, -0.15) is 0 Å². The number of ketones is 1. The second kappa shape index (κ2) is 7.76. The van der Waals surface area contributed by atoms with Crippen LogP contribution >= 0.6 is 0 Å². The van der Waals surface area contributed by atoms with Gasteiger partial charge in [-0.05, 0) is 27.2 Å². The van der Waals surface area contributed by atoms with Gasteiger partial charge in [-0.1, -0.05) is 37.3 Å². The summed E-state index contributed by atoms with van der Waals surface area (Å²) in [7, 11) is 0. The number of carbonyl (C=O) groups is 3. The van der Waals surface area contributed by atoms with E-state index < -0.39 is 29.6 Å². The fourth-order valence-corrected chi connectivity index (χ4v) is 2.02. The highest BCUT2D eigenvalue weighted by molar-refractivity contribution is 5.98. The lowest BCUT2D eigenvalue weighted by Gasteiger charge is -2.23. The van der Waals surface area contributed by atoms with Crippen molar-refractivity contribution in [2.24, 2.45) is 5.92 Å². The molecule has 6 heteroatoms. The minimum atomic E-state index is -1.21. The maximum atomic E-state index is 12.3. The molecule has 0 spiro atoms. The van der Waals surface area contributed by atoms with Crippen molar-refractivity contribution in [3.8, 4) is 0 Å². The summed E-state index contributed by atoms with van der Waals surface area (Å²) in [5, 5.41) is 11.5. The van der Waals surface area contributed by atoms with Crippen molar-refractivity contribution in [3.05, 3.63) is 35.9 Å². The molecule has 0 saturated heterocycles. The van der Waals surface area contributed by atoms with E-state index >= 15 is 0 Å². The third-order valence-corrected chi connectivity index (χ3v) is 3.08. The van der Waals surface area contributed by atoms with Gasteiger partial charge in [-0.15, -0.1) is 0 Å². The fraction of sp³-hybridized carbons (Fsp3) is 0.471. The molecule has 0 aliphatic heterocycles. The molecule has 0 fully saturated rings. The van der Waals surface area contributed by atoms with Crippen molar-refractivity contribution >= 4 is 17.8 Å². The molecule has 2 N–H and O–H groups in total. The summed E-state index contributed by atoms with van der Waals surface area (Å²) in [6, 6.07) is 7.45. The number of hydrogen-bond donors (Lipinski definition) is 2. The van der Waals surface area contributed by atoms with Crippen molar-refractivity contribution in [3.63, 3.8) is 0 Å². The molecule has 0 aromatic heterocycles. The van der Waals surface area contributed by atoms with Gasteiger partial charge in [0.2, 0.25) is 0 Å².